The molecular formula is C18H18N4O3S2. The van der Waals surface area contributed by atoms with Crippen LogP contribution in [0.4, 0.5) is 10.8 Å². The van der Waals surface area contributed by atoms with E-state index in [0.717, 1.165) is 10.6 Å². The summed E-state index contributed by atoms with van der Waals surface area (Å²) in [5.74, 6) is -0.434. The number of benzene rings is 2. The van der Waals surface area contributed by atoms with Gasteiger partial charge in [0.25, 0.3) is 15.9 Å². The van der Waals surface area contributed by atoms with Crippen molar-refractivity contribution in [1.29, 1.82) is 0 Å². The fourth-order valence-electron chi connectivity index (χ4n) is 2.45. The summed E-state index contributed by atoms with van der Waals surface area (Å²) < 4.78 is 27.9. The van der Waals surface area contributed by atoms with Crippen molar-refractivity contribution in [2.24, 2.45) is 0 Å². The largest absolute Gasteiger partial charge is 0.296 e. The Bertz CT molecular complexity index is 1110. The minimum atomic E-state index is -3.83. The maximum atomic E-state index is 12.7. The van der Waals surface area contributed by atoms with Crippen LogP contribution >= 0.6 is 11.3 Å². The topological polar surface area (TPSA) is 101 Å². The Morgan fingerprint density at radius 2 is 1.81 bits per heavy atom. The van der Waals surface area contributed by atoms with Gasteiger partial charge < -0.3 is 0 Å². The number of carbonyl (C=O) groups excluding carboxylic acids is 1. The van der Waals surface area contributed by atoms with Gasteiger partial charge >= 0.3 is 0 Å². The zero-order valence-electron chi connectivity index (χ0n) is 15.0. The van der Waals surface area contributed by atoms with E-state index in [4.69, 9.17) is 0 Å². The molecular weight excluding hydrogens is 384 g/mol. The van der Waals surface area contributed by atoms with Gasteiger partial charge in [-0.2, -0.15) is 0 Å². The van der Waals surface area contributed by atoms with Gasteiger partial charge in [-0.15, -0.1) is 10.2 Å². The standard InChI is InChI=1S/C18H18N4O3S2/c1-11-5-4-6-14(9-11)22-27(24,25)15-8-7-12(2)16(10-15)17(23)19-18-21-20-13(3)26-18/h4-10,22H,1-3H3,(H,19,21,23). The van der Waals surface area contributed by atoms with Gasteiger partial charge in [0.1, 0.15) is 5.01 Å². The van der Waals surface area contributed by atoms with Crippen LogP contribution < -0.4 is 10.0 Å². The van der Waals surface area contributed by atoms with E-state index in [1.807, 2.05) is 13.0 Å². The Morgan fingerprint density at radius 1 is 1.04 bits per heavy atom. The molecule has 1 heterocycles. The van der Waals surface area contributed by atoms with Crippen molar-refractivity contribution in [2.75, 3.05) is 10.0 Å². The van der Waals surface area contributed by atoms with Crippen LogP contribution in [0.1, 0.15) is 26.5 Å². The molecule has 2 N–H and O–H groups in total. The van der Waals surface area contributed by atoms with Gasteiger partial charge in [-0.05, 0) is 56.2 Å². The molecule has 140 valence electrons. The Labute approximate surface area is 161 Å². The summed E-state index contributed by atoms with van der Waals surface area (Å²) in [4.78, 5) is 12.5. The highest BCUT2D eigenvalue weighted by Crippen LogP contribution is 2.21. The fraction of sp³-hybridized carbons (Fsp3) is 0.167. The lowest BCUT2D eigenvalue weighted by Crippen LogP contribution is -2.17. The SMILES string of the molecule is Cc1cccc(NS(=O)(=O)c2ccc(C)c(C(=O)Nc3nnc(C)s3)c2)c1. The summed E-state index contributed by atoms with van der Waals surface area (Å²) in [5, 5.41) is 11.4. The average molecular weight is 403 g/mol. The van der Waals surface area contributed by atoms with Crippen molar-refractivity contribution in [1.82, 2.24) is 10.2 Å². The number of hydrogen-bond donors (Lipinski definition) is 2. The summed E-state index contributed by atoms with van der Waals surface area (Å²) in [6, 6.07) is 11.5. The van der Waals surface area contributed by atoms with Crippen molar-refractivity contribution in [2.45, 2.75) is 25.7 Å². The number of aryl methyl sites for hydroxylation is 3. The Morgan fingerprint density at radius 3 is 2.48 bits per heavy atom. The van der Waals surface area contributed by atoms with Crippen molar-refractivity contribution in [3.63, 3.8) is 0 Å². The summed E-state index contributed by atoms with van der Waals surface area (Å²) in [6.07, 6.45) is 0. The molecule has 0 aliphatic carbocycles. The summed E-state index contributed by atoms with van der Waals surface area (Å²) >= 11 is 1.24. The van der Waals surface area contributed by atoms with Crippen LogP contribution in [0.15, 0.2) is 47.4 Å². The van der Waals surface area contributed by atoms with Crippen molar-refractivity contribution >= 4 is 38.1 Å². The first-order valence-corrected chi connectivity index (χ1v) is 10.4. The molecule has 3 aromatic rings. The highest BCUT2D eigenvalue weighted by Gasteiger charge is 2.19. The fourth-order valence-corrected chi connectivity index (χ4v) is 4.11. The molecule has 2 aromatic carbocycles. The van der Waals surface area contributed by atoms with Crippen LogP contribution in [0.2, 0.25) is 0 Å². The third-order valence-corrected chi connectivity index (χ3v) is 5.91. The molecule has 1 aromatic heterocycles. The molecule has 27 heavy (non-hydrogen) atoms. The predicted molar refractivity (Wildman–Crippen MR) is 106 cm³/mol. The molecule has 7 nitrogen and oxygen atoms in total. The number of rotatable bonds is 5. The molecule has 3 rings (SSSR count). The lowest BCUT2D eigenvalue weighted by atomic mass is 10.1. The van der Waals surface area contributed by atoms with E-state index in [9.17, 15) is 13.2 Å². The number of sulfonamides is 1. The Balaban J connectivity index is 1.88. The van der Waals surface area contributed by atoms with E-state index in [0.29, 0.717) is 16.4 Å². The van der Waals surface area contributed by atoms with Gasteiger partial charge in [0.15, 0.2) is 0 Å². The van der Waals surface area contributed by atoms with E-state index in [1.165, 1.54) is 23.5 Å². The van der Waals surface area contributed by atoms with Gasteiger partial charge in [0.05, 0.1) is 4.90 Å². The second kappa shape index (κ2) is 7.45. The lowest BCUT2D eigenvalue weighted by Gasteiger charge is -2.11. The van der Waals surface area contributed by atoms with Gasteiger partial charge in [-0.1, -0.05) is 29.5 Å². The molecule has 0 aliphatic heterocycles. The van der Waals surface area contributed by atoms with Crippen molar-refractivity contribution in [3.8, 4) is 0 Å². The van der Waals surface area contributed by atoms with Crippen molar-refractivity contribution in [3.05, 3.63) is 64.2 Å². The highest BCUT2D eigenvalue weighted by molar-refractivity contribution is 7.92. The molecule has 0 saturated heterocycles. The quantitative estimate of drug-likeness (QED) is 0.680. The van der Waals surface area contributed by atoms with Gasteiger partial charge in [-0.3, -0.25) is 14.8 Å². The minimum absolute atomic E-state index is 0.00759. The zero-order chi connectivity index (χ0) is 19.6. The van der Waals surface area contributed by atoms with Crippen LogP contribution in [0.5, 0.6) is 0 Å². The molecule has 9 heteroatoms. The third kappa shape index (κ3) is 4.50. The smallest absolute Gasteiger partial charge is 0.261 e. The number of hydrogen-bond acceptors (Lipinski definition) is 6. The summed E-state index contributed by atoms with van der Waals surface area (Å²) in [7, 11) is -3.83. The van der Waals surface area contributed by atoms with Crippen LogP contribution in [0, 0.1) is 20.8 Å². The lowest BCUT2D eigenvalue weighted by molar-refractivity contribution is 0.102. The molecule has 0 spiro atoms. The van der Waals surface area contributed by atoms with Gasteiger partial charge in [-0.25, -0.2) is 8.42 Å². The summed E-state index contributed by atoms with van der Waals surface area (Å²) in [6.45, 7) is 5.40. The van der Waals surface area contributed by atoms with Crippen LogP contribution in [-0.4, -0.2) is 24.5 Å². The van der Waals surface area contributed by atoms with E-state index in [2.05, 4.69) is 20.2 Å². The van der Waals surface area contributed by atoms with Gasteiger partial charge in [0.2, 0.25) is 5.13 Å². The molecule has 0 unspecified atom stereocenters. The second-order valence-electron chi connectivity index (χ2n) is 6.03. The normalized spacial score (nSPS) is 11.2. The second-order valence-corrected chi connectivity index (χ2v) is 8.90. The molecule has 0 bridgehead atoms. The summed E-state index contributed by atoms with van der Waals surface area (Å²) in [5.41, 5.74) is 2.32. The van der Waals surface area contributed by atoms with Crippen LogP contribution in [0.25, 0.3) is 0 Å². The molecule has 0 radical (unpaired) electrons. The number of amides is 1. The molecule has 1 amide bonds. The van der Waals surface area contributed by atoms with Crippen molar-refractivity contribution < 1.29 is 13.2 Å². The molecule has 0 fully saturated rings. The minimum Gasteiger partial charge on any atom is -0.296 e. The number of carbonyl (C=O) groups is 1. The van der Waals surface area contributed by atoms with E-state index >= 15 is 0 Å². The van der Waals surface area contributed by atoms with E-state index in [1.54, 1.807) is 38.1 Å². The number of nitrogens with zero attached hydrogens (tertiary/aromatic N) is 2. The maximum absolute atomic E-state index is 12.7. The third-order valence-electron chi connectivity index (χ3n) is 3.78. The first-order chi connectivity index (χ1) is 12.7. The monoisotopic (exact) mass is 402 g/mol. The average Bonchev–Trinajstić information content (AvgIpc) is 2.99. The molecule has 0 aliphatic rings. The van der Waals surface area contributed by atoms with E-state index in [-0.39, 0.29) is 10.5 Å². The zero-order valence-corrected chi connectivity index (χ0v) is 16.6. The van der Waals surface area contributed by atoms with Crippen LogP contribution in [-0.2, 0) is 10.0 Å². The predicted octanol–water partition coefficient (Wildman–Crippen LogP) is 3.52. The first kappa shape index (κ1) is 19.0. The number of anilines is 2. The first-order valence-electron chi connectivity index (χ1n) is 8.06. The van der Waals surface area contributed by atoms with Gasteiger partial charge in [0, 0.05) is 11.3 Å². The van der Waals surface area contributed by atoms with E-state index < -0.39 is 15.9 Å². The van der Waals surface area contributed by atoms with Crippen LogP contribution in [0.3, 0.4) is 0 Å². The molecule has 0 saturated carbocycles. The maximum Gasteiger partial charge on any atom is 0.261 e. The number of nitrogens with one attached hydrogen (secondary N) is 2. The molecule has 0 atom stereocenters. The highest BCUT2D eigenvalue weighted by atomic mass is 32.2. The number of aromatic nitrogens is 2. The Hall–Kier alpha value is -2.78. The Kier molecular flexibility index (Phi) is 5.24.